The molecule has 3 aromatic rings. The number of amides is 2. The maximum absolute atomic E-state index is 12.5. The fourth-order valence-corrected chi connectivity index (χ4v) is 3.33. The van der Waals surface area contributed by atoms with Crippen LogP contribution in [0.4, 0.5) is 0 Å². The second-order valence-corrected chi connectivity index (χ2v) is 7.06. The van der Waals surface area contributed by atoms with E-state index in [-0.39, 0.29) is 48.2 Å². The normalized spacial score (nSPS) is 10.7. The van der Waals surface area contributed by atoms with Crippen molar-refractivity contribution >= 4 is 46.5 Å². The number of H-pyrrole nitrogens is 1. The third-order valence-electron chi connectivity index (χ3n) is 4.30. The van der Waals surface area contributed by atoms with E-state index in [0.717, 1.165) is 0 Å². The van der Waals surface area contributed by atoms with Crippen molar-refractivity contribution in [2.24, 2.45) is 0 Å². The van der Waals surface area contributed by atoms with Crippen LogP contribution in [0.3, 0.4) is 0 Å². The van der Waals surface area contributed by atoms with Gasteiger partial charge in [0.2, 0.25) is 5.91 Å². The third kappa shape index (κ3) is 5.10. The first-order valence-electron chi connectivity index (χ1n) is 8.98. The van der Waals surface area contributed by atoms with Crippen molar-refractivity contribution in [2.75, 3.05) is 13.1 Å². The largest absolute Gasteiger partial charge is 0.354 e. The Hall–Kier alpha value is -2.97. The minimum atomic E-state index is -0.307. The summed E-state index contributed by atoms with van der Waals surface area (Å²) in [7, 11) is 0. The summed E-state index contributed by atoms with van der Waals surface area (Å²) in [5.41, 5.74) is 0.812. The molecule has 0 atom stereocenters. The molecule has 3 rings (SSSR count). The first-order chi connectivity index (χ1) is 14.0. The van der Waals surface area contributed by atoms with Crippen LogP contribution in [0.2, 0.25) is 5.02 Å². The van der Waals surface area contributed by atoms with Gasteiger partial charge in [0, 0.05) is 26.1 Å². The van der Waals surface area contributed by atoms with Gasteiger partial charge in [0.25, 0.3) is 11.5 Å². The number of rotatable bonds is 7. The number of hydrogen-bond acceptors (Lipinski definition) is 4. The van der Waals surface area contributed by atoms with E-state index >= 15 is 0 Å². The Morgan fingerprint density at radius 2 is 1.72 bits per heavy atom. The number of aromatic nitrogens is 2. The van der Waals surface area contributed by atoms with Crippen molar-refractivity contribution in [3.8, 4) is 0 Å². The number of para-hydroxylation sites is 1. The van der Waals surface area contributed by atoms with Crippen molar-refractivity contribution in [3.63, 3.8) is 0 Å². The summed E-state index contributed by atoms with van der Waals surface area (Å²) in [6.45, 7) is 0.678. The molecule has 0 spiro atoms. The van der Waals surface area contributed by atoms with Crippen LogP contribution in [0, 0.1) is 4.77 Å². The quantitative estimate of drug-likeness (QED) is 0.396. The predicted molar refractivity (Wildman–Crippen MR) is 115 cm³/mol. The van der Waals surface area contributed by atoms with E-state index in [2.05, 4.69) is 15.6 Å². The van der Waals surface area contributed by atoms with Crippen LogP contribution >= 0.6 is 23.8 Å². The molecule has 150 valence electrons. The first-order valence-corrected chi connectivity index (χ1v) is 9.77. The van der Waals surface area contributed by atoms with Crippen molar-refractivity contribution in [1.82, 2.24) is 20.2 Å². The van der Waals surface area contributed by atoms with Gasteiger partial charge in [-0.25, -0.2) is 0 Å². The lowest BCUT2D eigenvalue weighted by Gasteiger charge is -2.10. The van der Waals surface area contributed by atoms with Crippen molar-refractivity contribution in [2.45, 2.75) is 13.0 Å². The van der Waals surface area contributed by atoms with Crippen LogP contribution in [0.5, 0.6) is 0 Å². The molecule has 1 heterocycles. The molecule has 0 bridgehead atoms. The summed E-state index contributed by atoms with van der Waals surface area (Å²) < 4.78 is 1.64. The molecular weight excluding hydrogens is 412 g/mol. The molecule has 0 aliphatic heterocycles. The number of aromatic amines is 1. The van der Waals surface area contributed by atoms with Gasteiger partial charge in [0.15, 0.2) is 4.77 Å². The molecule has 0 fully saturated rings. The zero-order chi connectivity index (χ0) is 20.8. The van der Waals surface area contributed by atoms with Gasteiger partial charge in [-0.15, -0.1) is 0 Å². The minimum absolute atomic E-state index is 0.0915. The average molecular weight is 431 g/mol. The van der Waals surface area contributed by atoms with Crippen LogP contribution in [-0.2, 0) is 11.3 Å². The zero-order valence-electron chi connectivity index (χ0n) is 15.4. The molecule has 1 aromatic heterocycles. The lowest BCUT2D eigenvalue weighted by molar-refractivity contribution is -0.121. The second-order valence-electron chi connectivity index (χ2n) is 6.27. The zero-order valence-corrected chi connectivity index (χ0v) is 17.0. The van der Waals surface area contributed by atoms with Gasteiger partial charge < -0.3 is 15.6 Å². The highest BCUT2D eigenvalue weighted by Gasteiger charge is 2.10. The molecule has 2 amide bonds. The Balaban J connectivity index is 1.49. The van der Waals surface area contributed by atoms with Gasteiger partial charge in [-0.3, -0.25) is 19.0 Å². The molecule has 2 aromatic carbocycles. The van der Waals surface area contributed by atoms with Crippen LogP contribution in [0.1, 0.15) is 16.8 Å². The van der Waals surface area contributed by atoms with Crippen LogP contribution in [0.15, 0.2) is 53.3 Å². The fraction of sp³-hybridized carbons (Fsp3) is 0.200. The molecule has 9 heteroatoms. The highest BCUT2D eigenvalue weighted by atomic mass is 35.5. The minimum Gasteiger partial charge on any atom is -0.354 e. The van der Waals surface area contributed by atoms with Gasteiger partial charge in [-0.05, 0) is 36.5 Å². The number of nitrogens with one attached hydrogen (secondary N) is 3. The molecule has 0 aliphatic carbocycles. The molecule has 3 N–H and O–H groups in total. The Bertz CT molecular complexity index is 1170. The van der Waals surface area contributed by atoms with Crippen molar-refractivity contribution in [1.29, 1.82) is 0 Å². The van der Waals surface area contributed by atoms with Gasteiger partial charge in [-0.2, -0.15) is 0 Å². The summed E-state index contributed by atoms with van der Waals surface area (Å²) in [4.78, 5) is 39.6. The van der Waals surface area contributed by atoms with E-state index in [1.807, 2.05) is 6.07 Å². The summed E-state index contributed by atoms with van der Waals surface area (Å²) in [5.74, 6) is -0.551. The van der Waals surface area contributed by atoms with Crippen molar-refractivity contribution < 1.29 is 9.59 Å². The van der Waals surface area contributed by atoms with E-state index in [0.29, 0.717) is 21.5 Å². The molecule has 29 heavy (non-hydrogen) atoms. The van der Waals surface area contributed by atoms with E-state index in [1.54, 1.807) is 42.5 Å². The molecule has 0 aliphatic rings. The fourth-order valence-electron chi connectivity index (χ4n) is 2.82. The van der Waals surface area contributed by atoms with E-state index < -0.39 is 0 Å². The second kappa shape index (κ2) is 9.49. The summed E-state index contributed by atoms with van der Waals surface area (Å²) >= 11 is 11.2. The Morgan fingerprint density at radius 1 is 1.03 bits per heavy atom. The van der Waals surface area contributed by atoms with Gasteiger partial charge in [0.05, 0.1) is 21.5 Å². The molecule has 0 unspecified atom stereocenters. The molecule has 7 nitrogen and oxygen atoms in total. The Morgan fingerprint density at radius 3 is 2.52 bits per heavy atom. The van der Waals surface area contributed by atoms with Crippen molar-refractivity contribution in [3.05, 3.63) is 74.2 Å². The predicted octanol–water partition coefficient (Wildman–Crippen LogP) is 2.65. The van der Waals surface area contributed by atoms with Crippen LogP contribution in [0.25, 0.3) is 10.9 Å². The topological polar surface area (TPSA) is 96.0 Å². The number of carbonyl (C=O) groups excluding carboxylic acids is 2. The van der Waals surface area contributed by atoms with Gasteiger partial charge in [0.1, 0.15) is 0 Å². The molecule has 0 radical (unpaired) electrons. The number of carbonyl (C=O) groups is 2. The smallest absolute Gasteiger partial charge is 0.262 e. The highest BCUT2D eigenvalue weighted by molar-refractivity contribution is 7.71. The number of halogens is 1. The number of hydrogen-bond donors (Lipinski definition) is 3. The number of fused-ring (bicyclic) bond motifs is 1. The molecule has 0 saturated heterocycles. The molecular formula is C20H19ClN4O3S. The first kappa shape index (κ1) is 20.8. The Labute approximate surface area is 176 Å². The van der Waals surface area contributed by atoms with Gasteiger partial charge >= 0.3 is 0 Å². The van der Waals surface area contributed by atoms with E-state index in [4.69, 9.17) is 23.8 Å². The maximum atomic E-state index is 12.5. The Kier molecular flexibility index (Phi) is 6.79. The lowest BCUT2D eigenvalue weighted by atomic mass is 10.2. The standard InChI is InChI=1S/C20H19ClN4O3S/c21-15-7-3-1-5-13(15)18(27)23-11-10-22-17(26)9-12-25-19(28)14-6-2-4-8-16(14)24-20(25)29/h1-8H,9-12H2,(H,22,26)(H,23,27)(H,24,29). The SMILES string of the molecule is O=C(CCn1c(=S)[nH]c2ccccc2c1=O)NCCNC(=O)c1ccccc1Cl. The number of nitrogens with zero attached hydrogens (tertiary/aromatic N) is 1. The summed E-state index contributed by atoms with van der Waals surface area (Å²) in [5, 5.41) is 6.28. The lowest BCUT2D eigenvalue weighted by Crippen LogP contribution is -2.35. The van der Waals surface area contributed by atoms with E-state index in [9.17, 15) is 14.4 Å². The van der Waals surface area contributed by atoms with Crippen LogP contribution < -0.4 is 16.2 Å². The monoisotopic (exact) mass is 430 g/mol. The third-order valence-corrected chi connectivity index (χ3v) is 4.96. The summed E-state index contributed by atoms with van der Waals surface area (Å²) in [6, 6.07) is 13.8. The average Bonchev–Trinajstić information content (AvgIpc) is 2.71. The maximum Gasteiger partial charge on any atom is 0.262 e. The molecule has 0 saturated carbocycles. The number of benzene rings is 2. The van der Waals surface area contributed by atoms with E-state index in [1.165, 1.54) is 4.57 Å². The van der Waals surface area contributed by atoms with Gasteiger partial charge in [-0.1, -0.05) is 35.9 Å². The summed E-state index contributed by atoms with van der Waals surface area (Å²) in [6.07, 6.45) is 0.0915. The highest BCUT2D eigenvalue weighted by Crippen LogP contribution is 2.14. The van der Waals surface area contributed by atoms with Crippen LogP contribution in [-0.4, -0.2) is 34.5 Å².